The number of benzene rings is 2. The van der Waals surface area contributed by atoms with Gasteiger partial charge in [-0.1, -0.05) is 19.1 Å². The zero-order valence-electron chi connectivity index (χ0n) is 20.4. The quantitative estimate of drug-likeness (QED) is 0.440. The van der Waals surface area contributed by atoms with Crippen LogP contribution >= 0.6 is 0 Å². The van der Waals surface area contributed by atoms with E-state index >= 15 is 0 Å². The SMILES string of the molecule is C[C@H](CC(=O)OC(C)(C)C)c1ccc(O[C@@H]2CCN(c3ccc(OCC4CC4)cc3)C2)cc1. The van der Waals surface area contributed by atoms with E-state index in [9.17, 15) is 4.79 Å². The Morgan fingerprint density at radius 2 is 1.67 bits per heavy atom. The Hall–Kier alpha value is -2.69. The van der Waals surface area contributed by atoms with E-state index in [4.69, 9.17) is 14.2 Å². The molecule has 2 aromatic rings. The van der Waals surface area contributed by atoms with Gasteiger partial charge in [0.2, 0.25) is 0 Å². The van der Waals surface area contributed by atoms with Crippen LogP contribution in [0.5, 0.6) is 11.5 Å². The zero-order valence-corrected chi connectivity index (χ0v) is 20.4. The average Bonchev–Trinajstić information content (AvgIpc) is 3.48. The summed E-state index contributed by atoms with van der Waals surface area (Å²) >= 11 is 0. The van der Waals surface area contributed by atoms with Crippen molar-refractivity contribution < 1.29 is 19.0 Å². The molecule has 0 amide bonds. The highest BCUT2D eigenvalue weighted by atomic mass is 16.6. The van der Waals surface area contributed by atoms with E-state index in [1.807, 2.05) is 32.9 Å². The predicted octanol–water partition coefficient (Wildman–Crippen LogP) is 5.97. The Kier molecular flexibility index (Phi) is 7.16. The molecule has 4 rings (SSSR count). The highest BCUT2D eigenvalue weighted by Gasteiger charge is 2.25. The molecule has 1 aliphatic heterocycles. The third-order valence-corrected chi connectivity index (χ3v) is 6.17. The Bertz CT molecular complexity index is 912. The summed E-state index contributed by atoms with van der Waals surface area (Å²) in [6, 6.07) is 16.6. The fourth-order valence-electron chi connectivity index (χ4n) is 4.13. The van der Waals surface area contributed by atoms with Gasteiger partial charge in [0.25, 0.3) is 0 Å². The van der Waals surface area contributed by atoms with Crippen molar-refractivity contribution in [3.8, 4) is 11.5 Å². The van der Waals surface area contributed by atoms with Crippen molar-refractivity contribution in [2.45, 2.75) is 71.0 Å². The van der Waals surface area contributed by atoms with Crippen LogP contribution in [0.15, 0.2) is 48.5 Å². The fraction of sp³-hybridized carbons (Fsp3) is 0.536. The van der Waals surface area contributed by atoms with Crippen LogP contribution in [0, 0.1) is 5.92 Å². The molecule has 1 aliphatic carbocycles. The van der Waals surface area contributed by atoms with E-state index in [1.54, 1.807) is 0 Å². The molecular weight excluding hydrogens is 414 g/mol. The molecule has 0 bridgehead atoms. The van der Waals surface area contributed by atoms with Crippen molar-refractivity contribution >= 4 is 11.7 Å². The van der Waals surface area contributed by atoms with E-state index < -0.39 is 5.60 Å². The Morgan fingerprint density at radius 1 is 1.00 bits per heavy atom. The average molecular weight is 452 g/mol. The van der Waals surface area contributed by atoms with Crippen LogP contribution < -0.4 is 14.4 Å². The lowest BCUT2D eigenvalue weighted by Crippen LogP contribution is -2.24. The molecule has 178 valence electrons. The minimum Gasteiger partial charge on any atom is -0.493 e. The van der Waals surface area contributed by atoms with E-state index in [1.165, 1.54) is 18.5 Å². The highest BCUT2D eigenvalue weighted by molar-refractivity contribution is 5.71. The zero-order chi connectivity index (χ0) is 23.4. The normalized spacial score (nSPS) is 19.3. The Balaban J connectivity index is 1.24. The van der Waals surface area contributed by atoms with Crippen molar-refractivity contribution in [3.05, 3.63) is 54.1 Å². The number of carbonyl (C=O) groups excluding carboxylic acids is 1. The Labute approximate surface area is 198 Å². The maximum atomic E-state index is 12.1. The van der Waals surface area contributed by atoms with Gasteiger partial charge in [0.05, 0.1) is 19.6 Å². The lowest BCUT2D eigenvalue weighted by molar-refractivity contribution is -0.155. The molecule has 2 fully saturated rings. The summed E-state index contributed by atoms with van der Waals surface area (Å²) in [7, 11) is 0. The van der Waals surface area contributed by atoms with Crippen molar-refractivity contribution in [2.75, 3.05) is 24.6 Å². The third-order valence-electron chi connectivity index (χ3n) is 6.17. The largest absolute Gasteiger partial charge is 0.493 e. The first-order chi connectivity index (χ1) is 15.7. The number of anilines is 1. The molecule has 0 N–H and O–H groups in total. The lowest BCUT2D eigenvalue weighted by atomic mass is 9.98. The monoisotopic (exact) mass is 451 g/mol. The first kappa shape index (κ1) is 23.5. The topological polar surface area (TPSA) is 48.0 Å². The van der Waals surface area contributed by atoms with E-state index in [2.05, 4.69) is 48.2 Å². The van der Waals surface area contributed by atoms with Gasteiger partial charge in [0.1, 0.15) is 23.2 Å². The highest BCUT2D eigenvalue weighted by Crippen LogP contribution is 2.31. The van der Waals surface area contributed by atoms with Crippen LogP contribution in [0.3, 0.4) is 0 Å². The number of ether oxygens (including phenoxy) is 3. The second-order valence-corrected chi connectivity index (χ2v) is 10.5. The van der Waals surface area contributed by atoms with Crippen molar-refractivity contribution in [1.29, 1.82) is 0 Å². The van der Waals surface area contributed by atoms with Gasteiger partial charge in [0, 0.05) is 18.7 Å². The molecule has 0 spiro atoms. The van der Waals surface area contributed by atoms with Gasteiger partial charge in [-0.2, -0.15) is 0 Å². The number of carbonyl (C=O) groups is 1. The minimum absolute atomic E-state index is 0.104. The van der Waals surface area contributed by atoms with Crippen LogP contribution in [0.25, 0.3) is 0 Å². The molecule has 2 aromatic carbocycles. The number of hydrogen-bond acceptors (Lipinski definition) is 5. The van der Waals surface area contributed by atoms with Gasteiger partial charge in [-0.25, -0.2) is 0 Å². The molecule has 1 saturated heterocycles. The summed E-state index contributed by atoms with van der Waals surface area (Å²) in [5.74, 6) is 2.54. The van der Waals surface area contributed by atoms with Crippen LogP contribution in [0.2, 0.25) is 0 Å². The number of rotatable bonds is 9. The van der Waals surface area contributed by atoms with Gasteiger partial charge < -0.3 is 19.1 Å². The molecule has 0 radical (unpaired) electrons. The van der Waals surface area contributed by atoms with Gasteiger partial charge >= 0.3 is 5.97 Å². The number of hydrogen-bond donors (Lipinski definition) is 0. The third kappa shape index (κ3) is 7.15. The molecule has 33 heavy (non-hydrogen) atoms. The summed E-state index contributed by atoms with van der Waals surface area (Å²) in [5, 5.41) is 0. The van der Waals surface area contributed by atoms with Gasteiger partial charge in [-0.3, -0.25) is 4.79 Å². The molecule has 5 nitrogen and oxygen atoms in total. The number of nitrogens with zero attached hydrogens (tertiary/aromatic N) is 1. The second-order valence-electron chi connectivity index (χ2n) is 10.5. The molecular formula is C28H37NO4. The maximum Gasteiger partial charge on any atom is 0.306 e. The molecule has 0 aromatic heterocycles. The smallest absolute Gasteiger partial charge is 0.306 e. The van der Waals surface area contributed by atoms with Crippen LogP contribution in [0.4, 0.5) is 5.69 Å². The molecule has 1 saturated carbocycles. The van der Waals surface area contributed by atoms with Crippen molar-refractivity contribution in [2.24, 2.45) is 5.92 Å². The summed E-state index contributed by atoms with van der Waals surface area (Å²) in [4.78, 5) is 14.5. The van der Waals surface area contributed by atoms with E-state index in [0.29, 0.717) is 6.42 Å². The van der Waals surface area contributed by atoms with E-state index in [-0.39, 0.29) is 18.0 Å². The van der Waals surface area contributed by atoms with Crippen molar-refractivity contribution in [3.63, 3.8) is 0 Å². The standard InChI is InChI=1S/C28H37NO4/c1-20(17-27(30)33-28(2,3)4)22-7-11-25(12-8-22)32-26-15-16-29(18-26)23-9-13-24(14-10-23)31-19-21-5-6-21/h7-14,20-21,26H,5-6,15-19H2,1-4H3/t20-,26-/m1/s1. The molecule has 2 atom stereocenters. The van der Waals surface area contributed by atoms with Gasteiger partial charge in [-0.15, -0.1) is 0 Å². The molecule has 5 heteroatoms. The maximum absolute atomic E-state index is 12.1. The second kappa shape index (κ2) is 10.1. The molecule has 1 heterocycles. The summed E-state index contributed by atoms with van der Waals surface area (Å²) in [5.41, 5.74) is 1.88. The fourth-order valence-corrected chi connectivity index (χ4v) is 4.13. The Morgan fingerprint density at radius 3 is 2.30 bits per heavy atom. The van der Waals surface area contributed by atoms with E-state index in [0.717, 1.165) is 49.1 Å². The predicted molar refractivity (Wildman–Crippen MR) is 131 cm³/mol. The molecule has 2 aliphatic rings. The van der Waals surface area contributed by atoms with Gasteiger partial charge in [0.15, 0.2) is 0 Å². The van der Waals surface area contributed by atoms with Crippen LogP contribution in [0.1, 0.15) is 64.9 Å². The molecule has 0 unspecified atom stereocenters. The van der Waals surface area contributed by atoms with Crippen LogP contribution in [-0.2, 0) is 9.53 Å². The number of esters is 1. The lowest BCUT2D eigenvalue weighted by Gasteiger charge is -2.21. The summed E-state index contributed by atoms with van der Waals surface area (Å²) in [6.07, 6.45) is 4.15. The van der Waals surface area contributed by atoms with Gasteiger partial charge in [-0.05, 0) is 87.4 Å². The summed E-state index contributed by atoms with van der Waals surface area (Å²) < 4.78 is 17.5. The van der Waals surface area contributed by atoms with Crippen LogP contribution in [-0.4, -0.2) is 37.4 Å². The summed E-state index contributed by atoms with van der Waals surface area (Å²) in [6.45, 7) is 10.4. The first-order valence-electron chi connectivity index (χ1n) is 12.2. The first-order valence-corrected chi connectivity index (χ1v) is 12.2. The minimum atomic E-state index is -0.449. The van der Waals surface area contributed by atoms with Crippen molar-refractivity contribution in [1.82, 2.24) is 0 Å².